The Bertz CT molecular complexity index is 348. The van der Waals surface area contributed by atoms with Crippen LogP contribution in [0.25, 0.3) is 0 Å². The Labute approximate surface area is 73.8 Å². The van der Waals surface area contributed by atoms with Gasteiger partial charge in [-0.15, -0.1) is 0 Å². The molecule has 0 spiro atoms. The molecular weight excluding hydrogens is 174 g/mol. The number of nitro benzene ring substituents is 1. The van der Waals surface area contributed by atoms with Crippen molar-refractivity contribution >= 4 is 11.7 Å². The smallest absolute Gasteiger partial charge is 0.272 e. The van der Waals surface area contributed by atoms with E-state index in [2.05, 4.69) is 0 Å². The predicted octanol–water partition coefficient (Wildman–Crippen LogP) is -0.113. The van der Waals surface area contributed by atoms with E-state index in [-0.39, 0.29) is 11.3 Å². The van der Waals surface area contributed by atoms with Crippen LogP contribution < -0.4 is 5.11 Å². The number of carbonyl (C=O) groups excluding carboxylic acids is 1. The van der Waals surface area contributed by atoms with Gasteiger partial charge < -0.3 is 9.90 Å². The molecule has 0 aliphatic carbocycles. The van der Waals surface area contributed by atoms with E-state index in [4.69, 9.17) is 0 Å². The van der Waals surface area contributed by atoms with Crippen LogP contribution >= 0.6 is 0 Å². The number of nitro groups is 1. The van der Waals surface area contributed by atoms with Crippen molar-refractivity contribution in [2.24, 2.45) is 0 Å². The van der Waals surface area contributed by atoms with E-state index in [0.717, 1.165) is 0 Å². The van der Waals surface area contributed by atoms with Crippen LogP contribution in [0.2, 0.25) is 0 Å². The second kappa shape index (κ2) is 3.66. The van der Waals surface area contributed by atoms with Gasteiger partial charge in [0.25, 0.3) is 5.69 Å². The number of rotatable bonds is 3. The van der Waals surface area contributed by atoms with Crippen LogP contribution in [0.4, 0.5) is 5.69 Å². The molecule has 0 saturated carbocycles. The van der Waals surface area contributed by atoms with Gasteiger partial charge in [0.1, 0.15) is 0 Å². The molecule has 5 heteroatoms. The van der Waals surface area contributed by atoms with Crippen molar-refractivity contribution in [3.05, 3.63) is 39.9 Å². The number of carbonyl (C=O) groups is 1. The summed E-state index contributed by atoms with van der Waals surface area (Å²) in [5.41, 5.74) is -0.0285. The van der Waals surface area contributed by atoms with Gasteiger partial charge in [-0.2, -0.15) is 0 Å². The Morgan fingerprint density at radius 2 is 2.00 bits per heavy atom. The largest absolute Gasteiger partial charge is 0.550 e. The molecule has 0 aliphatic heterocycles. The first-order valence-corrected chi connectivity index (χ1v) is 3.53. The molecule has 1 aromatic carbocycles. The van der Waals surface area contributed by atoms with Gasteiger partial charge >= 0.3 is 0 Å². The molecule has 0 atom stereocenters. The summed E-state index contributed by atoms with van der Waals surface area (Å²) in [5.74, 6) is -1.32. The van der Waals surface area contributed by atoms with Gasteiger partial charge in [-0.1, -0.05) is 18.2 Å². The summed E-state index contributed by atoms with van der Waals surface area (Å²) < 4.78 is 0. The Morgan fingerprint density at radius 3 is 2.54 bits per heavy atom. The molecule has 0 saturated heterocycles. The Kier molecular flexibility index (Phi) is 2.59. The fourth-order valence-electron chi connectivity index (χ4n) is 0.994. The van der Waals surface area contributed by atoms with Gasteiger partial charge in [0.15, 0.2) is 0 Å². The first-order valence-electron chi connectivity index (χ1n) is 3.53. The predicted molar refractivity (Wildman–Crippen MR) is 41.8 cm³/mol. The number of nitrogens with zero attached hydrogens (tertiary/aromatic N) is 1. The van der Waals surface area contributed by atoms with E-state index in [1.54, 1.807) is 6.07 Å². The SMILES string of the molecule is O=C([O-])Cc1ccccc1[N+](=O)[O-]. The minimum Gasteiger partial charge on any atom is -0.550 e. The van der Waals surface area contributed by atoms with Crippen molar-refractivity contribution < 1.29 is 14.8 Å². The first-order chi connectivity index (χ1) is 6.11. The second-order valence-corrected chi connectivity index (χ2v) is 2.43. The van der Waals surface area contributed by atoms with Crippen molar-refractivity contribution in [2.75, 3.05) is 0 Å². The third-order valence-electron chi connectivity index (χ3n) is 1.52. The van der Waals surface area contributed by atoms with Crippen molar-refractivity contribution in [3.63, 3.8) is 0 Å². The fraction of sp³-hybridized carbons (Fsp3) is 0.125. The lowest BCUT2D eigenvalue weighted by molar-refractivity contribution is -0.385. The third kappa shape index (κ3) is 2.26. The van der Waals surface area contributed by atoms with Gasteiger partial charge in [-0.05, 0) is 0 Å². The van der Waals surface area contributed by atoms with Crippen molar-refractivity contribution in [3.8, 4) is 0 Å². The van der Waals surface area contributed by atoms with E-state index in [9.17, 15) is 20.0 Å². The summed E-state index contributed by atoms with van der Waals surface area (Å²) in [6.07, 6.45) is -0.433. The van der Waals surface area contributed by atoms with E-state index in [0.29, 0.717) is 0 Å². The maximum atomic E-state index is 10.4. The number of carboxylic acids is 1. The number of hydrogen-bond donors (Lipinski definition) is 0. The zero-order valence-corrected chi connectivity index (χ0v) is 6.60. The third-order valence-corrected chi connectivity index (χ3v) is 1.52. The van der Waals surface area contributed by atoms with Crippen LogP contribution in [-0.2, 0) is 11.2 Å². The summed E-state index contributed by atoms with van der Waals surface area (Å²) in [6, 6.07) is 5.69. The quantitative estimate of drug-likeness (QED) is 0.479. The average Bonchev–Trinajstić information content (AvgIpc) is 2.03. The number of para-hydroxylation sites is 1. The van der Waals surface area contributed by atoms with Crippen molar-refractivity contribution in [1.82, 2.24) is 0 Å². The monoisotopic (exact) mass is 180 g/mol. The highest BCUT2D eigenvalue weighted by molar-refractivity contribution is 5.69. The number of aliphatic carboxylic acids is 1. The normalized spacial score (nSPS) is 9.54. The first kappa shape index (κ1) is 9.18. The van der Waals surface area contributed by atoms with Crippen LogP contribution in [0.1, 0.15) is 5.56 Å². The molecule has 0 unspecified atom stereocenters. The van der Waals surface area contributed by atoms with E-state index in [1.165, 1.54) is 18.2 Å². The van der Waals surface area contributed by atoms with Crippen LogP contribution in [-0.4, -0.2) is 10.9 Å². The molecule has 0 bridgehead atoms. The zero-order valence-electron chi connectivity index (χ0n) is 6.60. The van der Waals surface area contributed by atoms with E-state index in [1.807, 2.05) is 0 Å². The van der Waals surface area contributed by atoms with Gasteiger partial charge in [-0.3, -0.25) is 10.1 Å². The van der Waals surface area contributed by atoms with Gasteiger partial charge in [0.05, 0.1) is 4.92 Å². The second-order valence-electron chi connectivity index (χ2n) is 2.43. The van der Waals surface area contributed by atoms with Crippen LogP contribution in [0.15, 0.2) is 24.3 Å². The summed E-state index contributed by atoms with van der Waals surface area (Å²) in [4.78, 5) is 20.0. The van der Waals surface area contributed by atoms with Gasteiger partial charge in [0.2, 0.25) is 0 Å². The maximum absolute atomic E-state index is 10.4. The lowest BCUT2D eigenvalue weighted by Crippen LogP contribution is -2.24. The molecule has 5 nitrogen and oxygen atoms in total. The molecule has 0 N–H and O–H groups in total. The molecule has 0 fully saturated rings. The topological polar surface area (TPSA) is 83.3 Å². The van der Waals surface area contributed by atoms with Crippen LogP contribution in [0.5, 0.6) is 0 Å². The Hall–Kier alpha value is -1.91. The van der Waals surface area contributed by atoms with E-state index < -0.39 is 17.3 Å². The molecular formula is C8H6NO4-. The lowest BCUT2D eigenvalue weighted by atomic mass is 10.1. The highest BCUT2D eigenvalue weighted by atomic mass is 16.6. The lowest BCUT2D eigenvalue weighted by Gasteiger charge is -2.02. The minimum absolute atomic E-state index is 0.160. The molecule has 0 heterocycles. The van der Waals surface area contributed by atoms with E-state index >= 15 is 0 Å². The average molecular weight is 180 g/mol. The molecule has 0 radical (unpaired) electrons. The number of hydrogen-bond acceptors (Lipinski definition) is 4. The van der Waals surface area contributed by atoms with Gasteiger partial charge in [0, 0.05) is 24.0 Å². The number of benzene rings is 1. The minimum atomic E-state index is -1.32. The van der Waals surface area contributed by atoms with Crippen molar-refractivity contribution in [1.29, 1.82) is 0 Å². The Balaban J connectivity index is 3.04. The molecule has 1 aromatic rings. The molecule has 13 heavy (non-hydrogen) atoms. The molecule has 0 aromatic heterocycles. The van der Waals surface area contributed by atoms with Crippen LogP contribution in [0, 0.1) is 10.1 Å². The standard InChI is InChI=1S/C8H7NO4/c10-8(11)5-6-3-1-2-4-7(6)9(12)13/h1-4H,5H2,(H,10,11)/p-1. The molecule has 1 rings (SSSR count). The maximum Gasteiger partial charge on any atom is 0.272 e. The van der Waals surface area contributed by atoms with Crippen LogP contribution in [0.3, 0.4) is 0 Å². The summed E-state index contributed by atoms with van der Waals surface area (Å²) in [6.45, 7) is 0. The number of carboxylic acid groups (broad SMARTS) is 1. The molecule has 0 amide bonds. The highest BCUT2D eigenvalue weighted by Crippen LogP contribution is 2.17. The highest BCUT2D eigenvalue weighted by Gasteiger charge is 2.11. The fourth-order valence-corrected chi connectivity index (χ4v) is 0.994. The molecule has 0 aliphatic rings. The van der Waals surface area contributed by atoms with Gasteiger partial charge in [-0.25, -0.2) is 0 Å². The summed E-state index contributed by atoms with van der Waals surface area (Å²) in [7, 11) is 0. The summed E-state index contributed by atoms with van der Waals surface area (Å²) >= 11 is 0. The molecule has 68 valence electrons. The van der Waals surface area contributed by atoms with Crippen molar-refractivity contribution in [2.45, 2.75) is 6.42 Å². The Morgan fingerprint density at radius 1 is 1.38 bits per heavy atom. The summed E-state index contributed by atoms with van der Waals surface area (Å²) in [5, 5.41) is 20.6. The zero-order chi connectivity index (χ0) is 9.84.